The van der Waals surface area contributed by atoms with E-state index >= 15 is 0 Å². The molecule has 6 nitrogen and oxygen atoms in total. The zero-order chi connectivity index (χ0) is 15.6. The molecule has 1 aromatic heterocycles. The maximum Gasteiger partial charge on any atom is 0.241 e. The molecule has 0 atom stereocenters. The predicted octanol–water partition coefficient (Wildman–Crippen LogP) is 2.24. The van der Waals surface area contributed by atoms with Crippen LogP contribution in [0.1, 0.15) is 30.1 Å². The maximum atomic E-state index is 11.9. The van der Waals surface area contributed by atoms with Crippen LogP contribution in [0, 0.1) is 0 Å². The lowest BCUT2D eigenvalue weighted by Crippen LogP contribution is -2.37. The molecule has 0 unspecified atom stereocenters. The predicted molar refractivity (Wildman–Crippen MR) is 82.0 cm³/mol. The van der Waals surface area contributed by atoms with Crippen molar-refractivity contribution >= 4 is 21.6 Å². The van der Waals surface area contributed by atoms with E-state index in [-0.39, 0.29) is 12.3 Å². The lowest BCUT2D eigenvalue weighted by Gasteiger charge is -2.24. The number of hydrogen-bond donors (Lipinski definition) is 0. The molecule has 3 rings (SSSR count). The SMILES string of the molecule is O=S1(=O)CCCCN1Cc1nc(Cc2ccccc2Cl)no1. The Morgan fingerprint density at radius 2 is 2.09 bits per heavy atom. The van der Waals surface area contributed by atoms with E-state index in [2.05, 4.69) is 10.1 Å². The first-order valence-electron chi connectivity index (χ1n) is 7.07. The lowest BCUT2D eigenvalue weighted by molar-refractivity contribution is 0.304. The molecule has 118 valence electrons. The number of nitrogens with zero attached hydrogens (tertiary/aromatic N) is 3. The minimum atomic E-state index is -3.19. The van der Waals surface area contributed by atoms with Crippen LogP contribution in [0.5, 0.6) is 0 Å². The molecule has 0 bridgehead atoms. The number of hydrogen-bond acceptors (Lipinski definition) is 5. The quantitative estimate of drug-likeness (QED) is 0.852. The van der Waals surface area contributed by atoms with Gasteiger partial charge in [0.25, 0.3) is 0 Å². The van der Waals surface area contributed by atoms with Crippen LogP contribution in [0.2, 0.25) is 5.02 Å². The summed E-state index contributed by atoms with van der Waals surface area (Å²) in [6.07, 6.45) is 2.02. The van der Waals surface area contributed by atoms with Gasteiger partial charge >= 0.3 is 0 Å². The second-order valence-corrected chi connectivity index (χ2v) is 7.72. The fourth-order valence-corrected chi connectivity index (χ4v) is 4.15. The molecule has 22 heavy (non-hydrogen) atoms. The molecule has 0 radical (unpaired) electrons. The highest BCUT2D eigenvalue weighted by molar-refractivity contribution is 7.89. The third kappa shape index (κ3) is 3.48. The molecule has 8 heteroatoms. The van der Waals surface area contributed by atoms with Gasteiger partial charge in [-0.15, -0.1) is 0 Å². The van der Waals surface area contributed by atoms with Crippen molar-refractivity contribution in [3.8, 4) is 0 Å². The number of halogens is 1. The van der Waals surface area contributed by atoms with E-state index < -0.39 is 10.0 Å². The van der Waals surface area contributed by atoms with Gasteiger partial charge in [-0.1, -0.05) is 35.0 Å². The highest BCUT2D eigenvalue weighted by Gasteiger charge is 2.27. The molecule has 1 aliphatic heterocycles. The van der Waals surface area contributed by atoms with Gasteiger partial charge < -0.3 is 4.52 Å². The lowest BCUT2D eigenvalue weighted by atomic mass is 10.1. The molecule has 2 heterocycles. The van der Waals surface area contributed by atoms with E-state index in [1.807, 2.05) is 18.2 Å². The first-order chi connectivity index (χ1) is 10.5. The van der Waals surface area contributed by atoms with Crippen LogP contribution in [0.25, 0.3) is 0 Å². The van der Waals surface area contributed by atoms with Gasteiger partial charge in [0.05, 0.1) is 12.3 Å². The zero-order valence-corrected chi connectivity index (χ0v) is 13.5. The summed E-state index contributed by atoms with van der Waals surface area (Å²) in [7, 11) is -3.19. The van der Waals surface area contributed by atoms with Gasteiger partial charge in [-0.05, 0) is 24.5 Å². The van der Waals surface area contributed by atoms with E-state index in [9.17, 15) is 8.42 Å². The number of sulfonamides is 1. The Labute approximate surface area is 134 Å². The maximum absolute atomic E-state index is 11.9. The van der Waals surface area contributed by atoms with Crippen LogP contribution in [0.3, 0.4) is 0 Å². The largest absolute Gasteiger partial charge is 0.338 e. The monoisotopic (exact) mass is 341 g/mol. The van der Waals surface area contributed by atoms with Crippen molar-refractivity contribution in [1.29, 1.82) is 0 Å². The van der Waals surface area contributed by atoms with Gasteiger partial charge in [0.15, 0.2) is 5.82 Å². The molecule has 1 aromatic carbocycles. The first-order valence-corrected chi connectivity index (χ1v) is 9.06. The fourth-order valence-electron chi connectivity index (χ4n) is 2.41. The van der Waals surface area contributed by atoms with Crippen molar-refractivity contribution in [3.63, 3.8) is 0 Å². The van der Waals surface area contributed by atoms with E-state index in [0.29, 0.717) is 36.1 Å². The van der Waals surface area contributed by atoms with Crippen molar-refractivity contribution < 1.29 is 12.9 Å². The third-order valence-electron chi connectivity index (χ3n) is 3.58. The van der Waals surface area contributed by atoms with Gasteiger partial charge in [-0.2, -0.15) is 9.29 Å². The van der Waals surface area contributed by atoms with Gasteiger partial charge in [-0.25, -0.2) is 8.42 Å². The molecule has 0 amide bonds. The van der Waals surface area contributed by atoms with Crippen molar-refractivity contribution in [1.82, 2.24) is 14.4 Å². The van der Waals surface area contributed by atoms with E-state index in [1.54, 1.807) is 6.07 Å². The average Bonchev–Trinajstić information content (AvgIpc) is 2.91. The standard InChI is InChI=1S/C14H16ClN3O3S/c15-12-6-2-1-5-11(12)9-13-16-14(21-17-13)10-18-7-3-4-8-22(18,19)20/h1-2,5-6H,3-4,7-10H2. The summed E-state index contributed by atoms with van der Waals surface area (Å²) in [5.41, 5.74) is 0.905. The van der Waals surface area contributed by atoms with Crippen LogP contribution in [0.4, 0.5) is 0 Å². The molecule has 0 aliphatic carbocycles. The summed E-state index contributed by atoms with van der Waals surface area (Å²) in [6.45, 7) is 0.641. The number of benzene rings is 1. The number of aromatic nitrogens is 2. The molecular weight excluding hydrogens is 326 g/mol. The van der Waals surface area contributed by atoms with Crippen LogP contribution in [0.15, 0.2) is 28.8 Å². The van der Waals surface area contributed by atoms with Gasteiger partial charge in [-0.3, -0.25) is 0 Å². The molecule has 0 spiro atoms. The van der Waals surface area contributed by atoms with Crippen molar-refractivity contribution in [3.05, 3.63) is 46.6 Å². The first kappa shape index (κ1) is 15.5. The van der Waals surface area contributed by atoms with Gasteiger partial charge in [0.1, 0.15) is 0 Å². The van der Waals surface area contributed by atoms with Crippen molar-refractivity contribution in [2.24, 2.45) is 0 Å². The Bertz CT molecular complexity index is 760. The Morgan fingerprint density at radius 1 is 1.27 bits per heavy atom. The van der Waals surface area contributed by atoms with E-state index in [4.69, 9.17) is 16.1 Å². The second kappa shape index (κ2) is 6.36. The Morgan fingerprint density at radius 3 is 2.86 bits per heavy atom. The minimum Gasteiger partial charge on any atom is -0.338 e. The molecule has 2 aromatic rings. The topological polar surface area (TPSA) is 76.3 Å². The minimum absolute atomic E-state index is 0.137. The van der Waals surface area contributed by atoms with Crippen LogP contribution in [-0.4, -0.2) is 35.2 Å². The zero-order valence-electron chi connectivity index (χ0n) is 11.9. The Balaban J connectivity index is 1.70. The molecule has 1 fully saturated rings. The summed E-state index contributed by atoms with van der Waals surface area (Å²) in [5.74, 6) is 0.998. The van der Waals surface area contributed by atoms with E-state index in [1.165, 1.54) is 4.31 Å². The smallest absolute Gasteiger partial charge is 0.241 e. The third-order valence-corrected chi connectivity index (χ3v) is 5.85. The van der Waals surface area contributed by atoms with Crippen molar-refractivity contribution in [2.75, 3.05) is 12.3 Å². The summed E-state index contributed by atoms with van der Waals surface area (Å²) in [4.78, 5) is 4.26. The second-order valence-electron chi connectivity index (χ2n) is 5.23. The van der Waals surface area contributed by atoms with Gasteiger partial charge in [0, 0.05) is 18.0 Å². The molecule has 1 saturated heterocycles. The molecular formula is C14H16ClN3O3S. The Kier molecular flexibility index (Phi) is 4.46. The summed E-state index contributed by atoms with van der Waals surface area (Å²) in [5, 5.41) is 4.55. The highest BCUT2D eigenvalue weighted by Crippen LogP contribution is 2.19. The summed E-state index contributed by atoms with van der Waals surface area (Å²) < 4.78 is 30.5. The van der Waals surface area contributed by atoms with Crippen LogP contribution < -0.4 is 0 Å². The van der Waals surface area contributed by atoms with Crippen LogP contribution in [-0.2, 0) is 23.0 Å². The number of rotatable bonds is 4. The summed E-state index contributed by atoms with van der Waals surface area (Å²) in [6, 6.07) is 7.45. The molecule has 0 saturated carbocycles. The molecule has 0 N–H and O–H groups in total. The van der Waals surface area contributed by atoms with Gasteiger partial charge in [0.2, 0.25) is 15.9 Å². The fraction of sp³-hybridized carbons (Fsp3) is 0.429. The summed E-state index contributed by atoms with van der Waals surface area (Å²) >= 11 is 6.10. The normalized spacial score (nSPS) is 18.4. The Hall–Kier alpha value is -1.44. The molecule has 1 aliphatic rings. The van der Waals surface area contributed by atoms with E-state index in [0.717, 1.165) is 12.0 Å². The average molecular weight is 342 g/mol. The van der Waals surface area contributed by atoms with Crippen molar-refractivity contribution in [2.45, 2.75) is 25.8 Å². The highest BCUT2D eigenvalue weighted by atomic mass is 35.5. The van der Waals surface area contributed by atoms with Crippen LogP contribution >= 0.6 is 11.6 Å².